The third-order valence-corrected chi connectivity index (χ3v) is 4.74. The molecule has 0 spiro atoms. The van der Waals surface area contributed by atoms with E-state index < -0.39 is 0 Å². The quantitative estimate of drug-likeness (QED) is 0.938. The van der Waals surface area contributed by atoms with E-state index in [0.717, 1.165) is 30.5 Å². The summed E-state index contributed by atoms with van der Waals surface area (Å²) in [5.41, 5.74) is 2.74. The highest BCUT2D eigenvalue weighted by Crippen LogP contribution is 2.32. The number of aryl methyl sites for hydroxylation is 1. The molecule has 2 amide bonds. The molecule has 2 aliphatic rings. The largest absolute Gasteiger partial charge is 0.334 e. The first kappa shape index (κ1) is 14.9. The molecule has 2 heterocycles. The van der Waals surface area contributed by atoms with Crippen LogP contribution in [0.1, 0.15) is 34.5 Å². The van der Waals surface area contributed by atoms with Crippen molar-refractivity contribution in [2.45, 2.75) is 25.8 Å². The topological polar surface area (TPSA) is 67.2 Å². The van der Waals surface area contributed by atoms with Crippen molar-refractivity contribution < 1.29 is 9.59 Å². The predicted octanol–water partition coefficient (Wildman–Crippen LogP) is 1.97. The maximum absolute atomic E-state index is 12.7. The Morgan fingerprint density at radius 1 is 1.21 bits per heavy atom. The Morgan fingerprint density at radius 2 is 1.96 bits per heavy atom. The molecule has 0 atom stereocenters. The molecule has 1 aliphatic carbocycles. The minimum absolute atomic E-state index is 0.0181. The van der Waals surface area contributed by atoms with Crippen molar-refractivity contribution >= 4 is 17.6 Å². The Hall–Kier alpha value is -2.63. The molecule has 124 valence electrons. The van der Waals surface area contributed by atoms with Crippen LogP contribution in [0.25, 0.3) is 0 Å². The summed E-state index contributed by atoms with van der Waals surface area (Å²) in [6, 6.07) is 9.30. The second kappa shape index (κ2) is 5.78. The molecule has 1 saturated carbocycles. The summed E-state index contributed by atoms with van der Waals surface area (Å²) >= 11 is 0. The molecule has 0 radical (unpaired) electrons. The zero-order valence-corrected chi connectivity index (χ0v) is 13.7. The monoisotopic (exact) mass is 324 g/mol. The summed E-state index contributed by atoms with van der Waals surface area (Å²) < 4.78 is 1.82. The van der Waals surface area contributed by atoms with Crippen molar-refractivity contribution in [2.24, 2.45) is 13.0 Å². The molecular weight excluding hydrogens is 304 g/mol. The highest BCUT2D eigenvalue weighted by atomic mass is 16.2. The average Bonchev–Trinajstić information content (AvgIpc) is 3.41. The van der Waals surface area contributed by atoms with Crippen molar-refractivity contribution in [3.05, 3.63) is 47.2 Å². The number of carbonyl (C=O) groups excluding carboxylic acids is 2. The van der Waals surface area contributed by atoms with Gasteiger partial charge < -0.3 is 10.2 Å². The van der Waals surface area contributed by atoms with Crippen LogP contribution in [-0.4, -0.2) is 33.0 Å². The summed E-state index contributed by atoms with van der Waals surface area (Å²) in [7, 11) is 1.89. The fourth-order valence-corrected chi connectivity index (χ4v) is 3.19. The number of benzene rings is 1. The van der Waals surface area contributed by atoms with Gasteiger partial charge >= 0.3 is 0 Å². The fourth-order valence-electron chi connectivity index (χ4n) is 3.19. The van der Waals surface area contributed by atoms with E-state index in [0.29, 0.717) is 24.5 Å². The average molecular weight is 324 g/mol. The second-order valence-corrected chi connectivity index (χ2v) is 6.50. The van der Waals surface area contributed by atoms with Crippen molar-refractivity contribution in [1.82, 2.24) is 14.7 Å². The van der Waals surface area contributed by atoms with Crippen LogP contribution in [0.2, 0.25) is 0 Å². The number of nitrogens with zero attached hydrogens (tertiary/aromatic N) is 3. The summed E-state index contributed by atoms with van der Waals surface area (Å²) in [4.78, 5) is 26.6. The molecule has 6 heteroatoms. The first-order valence-corrected chi connectivity index (χ1v) is 8.33. The second-order valence-electron chi connectivity index (χ2n) is 6.50. The number of fused-ring (bicyclic) bond motifs is 1. The number of aromatic nitrogens is 2. The van der Waals surface area contributed by atoms with Crippen LogP contribution in [0.4, 0.5) is 5.82 Å². The lowest BCUT2D eigenvalue weighted by atomic mass is 10.1. The van der Waals surface area contributed by atoms with E-state index in [2.05, 4.69) is 10.4 Å². The molecule has 0 bridgehead atoms. The van der Waals surface area contributed by atoms with E-state index in [9.17, 15) is 9.59 Å². The van der Waals surface area contributed by atoms with Crippen LogP contribution in [0.5, 0.6) is 0 Å². The van der Waals surface area contributed by atoms with Gasteiger partial charge in [0.1, 0.15) is 0 Å². The lowest BCUT2D eigenvalue weighted by Gasteiger charge is -2.27. The van der Waals surface area contributed by atoms with E-state index in [1.165, 1.54) is 0 Å². The maximum Gasteiger partial charge on any atom is 0.254 e. The molecule has 0 saturated heterocycles. The lowest BCUT2D eigenvalue weighted by molar-refractivity contribution is -0.117. The Labute approximate surface area is 140 Å². The summed E-state index contributed by atoms with van der Waals surface area (Å²) in [5.74, 6) is 0.801. The smallest absolute Gasteiger partial charge is 0.254 e. The van der Waals surface area contributed by atoms with Crippen LogP contribution < -0.4 is 5.32 Å². The molecule has 1 aromatic heterocycles. The summed E-state index contributed by atoms with van der Waals surface area (Å²) in [6.07, 6.45) is 2.66. The summed E-state index contributed by atoms with van der Waals surface area (Å²) in [5, 5.41) is 7.40. The molecule has 1 aliphatic heterocycles. The molecular formula is C18H20N4O2. The zero-order chi connectivity index (χ0) is 16.7. The molecule has 0 unspecified atom stereocenters. The van der Waals surface area contributed by atoms with Gasteiger partial charge in [-0.15, -0.1) is 0 Å². The minimum Gasteiger partial charge on any atom is -0.334 e. The number of anilines is 1. The maximum atomic E-state index is 12.7. The highest BCUT2D eigenvalue weighted by molar-refractivity contribution is 5.95. The SMILES string of the molecule is Cn1nc(NC(=O)C2CC2)c2c1CCN(C(=O)c1ccccc1)C2. The van der Waals surface area contributed by atoms with E-state index in [1.54, 1.807) is 0 Å². The molecule has 6 nitrogen and oxygen atoms in total. The van der Waals surface area contributed by atoms with Gasteiger partial charge in [-0.2, -0.15) is 5.10 Å². The molecule has 4 rings (SSSR count). The van der Waals surface area contributed by atoms with Crippen molar-refractivity contribution in [3.8, 4) is 0 Å². The Morgan fingerprint density at radius 3 is 2.67 bits per heavy atom. The normalized spacial score (nSPS) is 16.6. The number of amides is 2. The zero-order valence-electron chi connectivity index (χ0n) is 13.7. The molecule has 1 N–H and O–H groups in total. The van der Waals surface area contributed by atoms with Gasteiger partial charge in [0.25, 0.3) is 5.91 Å². The molecule has 1 fully saturated rings. The lowest BCUT2D eigenvalue weighted by Crippen LogP contribution is -2.36. The van der Waals surface area contributed by atoms with Crippen molar-refractivity contribution in [1.29, 1.82) is 0 Å². The van der Waals surface area contributed by atoms with Crippen LogP contribution in [0.15, 0.2) is 30.3 Å². The molecule has 1 aromatic carbocycles. The third-order valence-electron chi connectivity index (χ3n) is 4.74. The van der Waals surface area contributed by atoms with Gasteiger partial charge in [-0.3, -0.25) is 14.3 Å². The number of carbonyl (C=O) groups is 2. The summed E-state index contributed by atoms with van der Waals surface area (Å²) in [6.45, 7) is 1.15. The number of rotatable bonds is 3. The van der Waals surface area contributed by atoms with Gasteiger partial charge in [0.2, 0.25) is 5.91 Å². The van der Waals surface area contributed by atoms with Gasteiger partial charge in [0.15, 0.2) is 5.82 Å². The predicted molar refractivity (Wildman–Crippen MR) is 89.4 cm³/mol. The van der Waals surface area contributed by atoms with Crippen molar-refractivity contribution in [3.63, 3.8) is 0 Å². The number of hydrogen-bond donors (Lipinski definition) is 1. The fraction of sp³-hybridized carbons (Fsp3) is 0.389. The van der Waals surface area contributed by atoms with Crippen molar-refractivity contribution in [2.75, 3.05) is 11.9 Å². The van der Waals surface area contributed by atoms with Gasteiger partial charge in [-0.05, 0) is 25.0 Å². The van der Waals surface area contributed by atoms with Crippen LogP contribution >= 0.6 is 0 Å². The van der Waals surface area contributed by atoms with Crippen LogP contribution in [0.3, 0.4) is 0 Å². The van der Waals surface area contributed by atoms with Gasteiger partial charge in [0, 0.05) is 42.8 Å². The molecule has 2 aromatic rings. The number of nitrogens with one attached hydrogen (secondary N) is 1. The van der Waals surface area contributed by atoms with Gasteiger partial charge in [-0.25, -0.2) is 0 Å². The van der Waals surface area contributed by atoms with Crippen LogP contribution in [-0.2, 0) is 24.8 Å². The highest BCUT2D eigenvalue weighted by Gasteiger charge is 2.32. The van der Waals surface area contributed by atoms with E-state index in [-0.39, 0.29) is 17.7 Å². The van der Waals surface area contributed by atoms with Gasteiger partial charge in [0.05, 0.1) is 6.54 Å². The first-order chi connectivity index (χ1) is 11.6. The Kier molecular flexibility index (Phi) is 3.59. The Bertz CT molecular complexity index is 793. The number of hydrogen-bond acceptors (Lipinski definition) is 3. The van der Waals surface area contributed by atoms with Gasteiger partial charge in [-0.1, -0.05) is 18.2 Å². The first-order valence-electron chi connectivity index (χ1n) is 8.33. The minimum atomic E-state index is 0.0181. The third kappa shape index (κ3) is 2.68. The van der Waals surface area contributed by atoms with E-state index >= 15 is 0 Å². The molecule has 24 heavy (non-hydrogen) atoms. The Balaban J connectivity index is 1.57. The van der Waals surface area contributed by atoms with E-state index in [4.69, 9.17) is 0 Å². The standard InChI is InChI=1S/C18H20N4O2/c1-21-15-9-10-22(18(24)13-5-3-2-4-6-13)11-14(15)16(20-21)19-17(23)12-7-8-12/h2-6,12H,7-11H2,1H3,(H,19,20,23). The van der Waals surface area contributed by atoms with E-state index in [1.807, 2.05) is 47.0 Å². The van der Waals surface area contributed by atoms with Crippen LogP contribution in [0, 0.1) is 5.92 Å².